The molecular formula is C23H17B2F7N2O7. The number of alkyl halides is 6. The summed E-state index contributed by atoms with van der Waals surface area (Å²) in [6.07, 6.45) is -9.37. The van der Waals surface area contributed by atoms with Crippen molar-refractivity contribution in [2.75, 3.05) is 12.4 Å². The highest BCUT2D eigenvalue weighted by Crippen LogP contribution is 2.41. The van der Waals surface area contributed by atoms with Crippen LogP contribution in [-0.4, -0.2) is 56.7 Å². The van der Waals surface area contributed by atoms with Crippen molar-refractivity contribution in [2.24, 2.45) is 0 Å². The molecule has 9 nitrogen and oxygen atoms in total. The lowest BCUT2D eigenvalue weighted by Gasteiger charge is -2.24. The number of halogens is 7. The van der Waals surface area contributed by atoms with Crippen molar-refractivity contribution in [1.82, 2.24) is 4.98 Å². The molecule has 0 aliphatic rings. The average Bonchev–Trinajstić information content (AvgIpc) is 2.83. The fraction of sp³-hybridized carbons (Fsp3) is 0.174. The molecule has 0 fully saturated rings. The van der Waals surface area contributed by atoms with Crippen LogP contribution in [0.5, 0.6) is 23.0 Å². The summed E-state index contributed by atoms with van der Waals surface area (Å²) in [5.41, 5.74) is -5.13. The van der Waals surface area contributed by atoms with E-state index < -0.39 is 69.9 Å². The second-order valence-electron chi connectivity index (χ2n) is 8.48. The van der Waals surface area contributed by atoms with Crippen LogP contribution in [0.2, 0.25) is 0 Å². The number of aromatic nitrogens is 1. The number of rotatable bonds is 8. The molecule has 0 atom stereocenters. The van der Waals surface area contributed by atoms with E-state index in [9.17, 15) is 41.0 Å². The number of nitrogens with one attached hydrogen (secondary N) is 1. The van der Waals surface area contributed by atoms with Crippen molar-refractivity contribution >= 4 is 33.4 Å². The lowest BCUT2D eigenvalue weighted by atomic mass is 9.76. The Balaban J connectivity index is 2.07. The second kappa shape index (κ2) is 11.6. The van der Waals surface area contributed by atoms with Gasteiger partial charge in [-0.15, -0.1) is 13.2 Å². The van der Waals surface area contributed by atoms with Crippen molar-refractivity contribution in [3.05, 3.63) is 71.2 Å². The molecule has 1 amide bonds. The van der Waals surface area contributed by atoms with Gasteiger partial charge in [-0.3, -0.25) is 4.79 Å². The van der Waals surface area contributed by atoms with E-state index >= 15 is 4.39 Å². The first-order valence-corrected chi connectivity index (χ1v) is 11.1. The lowest BCUT2D eigenvalue weighted by Crippen LogP contribution is -2.36. The number of amides is 1. The third-order valence-electron chi connectivity index (χ3n) is 4.79. The maximum Gasteiger partial charge on any atom is 0.573 e. The summed E-state index contributed by atoms with van der Waals surface area (Å²) in [5.74, 6) is -7.35. The topological polar surface area (TPSA) is 116 Å². The highest BCUT2D eigenvalue weighted by atomic mass is 19.4. The van der Waals surface area contributed by atoms with Gasteiger partial charge in [0.25, 0.3) is 5.91 Å². The molecule has 2 aromatic carbocycles. The fourth-order valence-electron chi connectivity index (χ4n) is 3.20. The molecule has 0 bridgehead atoms. The second-order valence-corrected chi connectivity index (χ2v) is 8.48. The van der Waals surface area contributed by atoms with Crippen LogP contribution in [0, 0.1) is 5.82 Å². The Morgan fingerprint density at radius 2 is 1.59 bits per heavy atom. The summed E-state index contributed by atoms with van der Waals surface area (Å²) in [7, 11) is 3.30. The van der Waals surface area contributed by atoms with Crippen molar-refractivity contribution in [3.8, 4) is 23.0 Å². The Labute approximate surface area is 228 Å². The predicted molar refractivity (Wildman–Crippen MR) is 131 cm³/mol. The normalized spacial score (nSPS) is 11.9. The molecule has 18 heteroatoms. The van der Waals surface area contributed by atoms with Crippen LogP contribution in [0.3, 0.4) is 0 Å². The third kappa shape index (κ3) is 8.26. The number of anilines is 1. The number of carbonyl (C=O) groups excluding carboxylic acids is 2. The van der Waals surface area contributed by atoms with Crippen LogP contribution in [0.4, 0.5) is 36.6 Å². The first kappa shape index (κ1) is 31.1. The number of hydrogen-bond donors (Lipinski definition) is 2. The van der Waals surface area contributed by atoms with Gasteiger partial charge >= 0.3 is 18.5 Å². The summed E-state index contributed by atoms with van der Waals surface area (Å²) in [4.78, 5) is 28.3. The van der Waals surface area contributed by atoms with E-state index in [4.69, 9.17) is 9.47 Å². The van der Waals surface area contributed by atoms with Crippen LogP contribution in [0.1, 0.15) is 26.3 Å². The van der Waals surface area contributed by atoms with Gasteiger partial charge in [0.15, 0.2) is 33.0 Å². The SMILES string of the molecule is BC(B)(O)Oc1cc(OC(F)(F)F)ccc1Oc1ccc(C(F)(F)F)c(F)c1C(=O)Nc1ccc(C(=O)OC)cn1. The zero-order valence-corrected chi connectivity index (χ0v) is 21.1. The number of carbonyl (C=O) groups is 2. The lowest BCUT2D eigenvalue weighted by molar-refractivity contribution is -0.274. The van der Waals surface area contributed by atoms with E-state index in [1.807, 2.05) is 0 Å². The first-order valence-electron chi connectivity index (χ1n) is 11.1. The molecule has 1 heterocycles. The molecular weight excluding hydrogens is 571 g/mol. The minimum Gasteiger partial charge on any atom is -0.476 e. The van der Waals surface area contributed by atoms with Gasteiger partial charge in [-0.1, -0.05) is 0 Å². The molecule has 3 rings (SSSR count). The van der Waals surface area contributed by atoms with Gasteiger partial charge in [0.2, 0.25) is 0 Å². The van der Waals surface area contributed by atoms with Gasteiger partial charge in [-0.25, -0.2) is 14.2 Å². The number of hydrogen-bond acceptors (Lipinski definition) is 8. The Morgan fingerprint density at radius 3 is 2.12 bits per heavy atom. The number of nitrogens with zero attached hydrogens (tertiary/aromatic N) is 1. The van der Waals surface area contributed by atoms with Crippen LogP contribution in [0.25, 0.3) is 0 Å². The first-order chi connectivity index (χ1) is 18.9. The molecule has 216 valence electrons. The highest BCUT2D eigenvalue weighted by molar-refractivity contribution is 6.37. The van der Waals surface area contributed by atoms with E-state index in [1.165, 1.54) is 6.07 Å². The van der Waals surface area contributed by atoms with Gasteiger partial charge in [-0.05, 0) is 36.4 Å². The summed E-state index contributed by atoms with van der Waals surface area (Å²) in [6, 6.07) is 5.35. The van der Waals surface area contributed by atoms with Gasteiger partial charge < -0.3 is 29.4 Å². The molecule has 1 aromatic heterocycles. The number of methoxy groups -OCH3 is 1. The monoisotopic (exact) mass is 588 g/mol. The van der Waals surface area contributed by atoms with Gasteiger partial charge in [0.1, 0.15) is 28.5 Å². The quantitative estimate of drug-likeness (QED) is 0.179. The minimum absolute atomic E-state index is 0.0305. The maximum absolute atomic E-state index is 15.2. The molecule has 0 aliphatic heterocycles. The standard InChI is InChI=1S/C23H17B2F7N2O7/c1-38-20(36)10-2-7-16(33-9-10)34-19(35)17-14(6-4-12(18(17)26)21(27,28)29)39-13-5-3-11(40-23(30,31)32)8-15(13)41-22(24,25)37/h2-9,37H,24-25H2,1H3,(H,33,34,35). The van der Waals surface area contributed by atoms with Gasteiger partial charge in [0, 0.05) is 12.3 Å². The number of pyridine rings is 1. The molecule has 0 saturated heterocycles. The van der Waals surface area contributed by atoms with Gasteiger partial charge in [-0.2, -0.15) is 13.2 Å². The number of benzene rings is 2. The Morgan fingerprint density at radius 1 is 0.927 bits per heavy atom. The van der Waals surface area contributed by atoms with Crippen molar-refractivity contribution < 1.29 is 64.4 Å². The Hall–Kier alpha value is -4.47. The molecule has 41 heavy (non-hydrogen) atoms. The number of ether oxygens (including phenoxy) is 4. The minimum atomic E-state index is -5.23. The van der Waals surface area contributed by atoms with Crippen molar-refractivity contribution in [2.45, 2.75) is 18.1 Å². The average molecular weight is 588 g/mol. The van der Waals surface area contributed by atoms with Crippen LogP contribution < -0.4 is 19.5 Å². The van der Waals surface area contributed by atoms with E-state index in [0.29, 0.717) is 12.1 Å². The number of esters is 1. The summed E-state index contributed by atoms with van der Waals surface area (Å²) < 4.78 is 112. The molecule has 2 N–H and O–H groups in total. The smallest absolute Gasteiger partial charge is 0.476 e. The number of aliphatic hydroxyl groups is 1. The Kier molecular flexibility index (Phi) is 8.76. The third-order valence-corrected chi connectivity index (χ3v) is 4.79. The fourth-order valence-corrected chi connectivity index (χ4v) is 3.20. The molecule has 3 aromatic rings. The van der Waals surface area contributed by atoms with Crippen LogP contribution >= 0.6 is 0 Å². The molecule has 0 unspecified atom stereocenters. The van der Waals surface area contributed by atoms with E-state index in [2.05, 4.69) is 19.8 Å². The van der Waals surface area contributed by atoms with Crippen LogP contribution in [-0.2, 0) is 10.9 Å². The molecule has 0 aliphatic carbocycles. The van der Waals surface area contributed by atoms with E-state index in [-0.39, 0.29) is 17.4 Å². The largest absolute Gasteiger partial charge is 0.573 e. The van der Waals surface area contributed by atoms with E-state index in [0.717, 1.165) is 47.2 Å². The summed E-state index contributed by atoms with van der Waals surface area (Å²) >= 11 is 0. The van der Waals surface area contributed by atoms with Gasteiger partial charge in [0.05, 0.1) is 18.2 Å². The summed E-state index contributed by atoms with van der Waals surface area (Å²) in [5, 5.41) is 12.1. The Bertz CT molecular complexity index is 1440. The maximum atomic E-state index is 15.2. The zero-order chi connectivity index (χ0) is 30.8. The predicted octanol–water partition coefficient (Wildman–Crippen LogP) is 3.22. The molecule has 0 saturated carbocycles. The van der Waals surface area contributed by atoms with Crippen molar-refractivity contribution in [3.63, 3.8) is 0 Å². The zero-order valence-electron chi connectivity index (χ0n) is 21.1. The molecule has 0 spiro atoms. The van der Waals surface area contributed by atoms with Crippen LogP contribution in [0.15, 0.2) is 48.7 Å². The summed E-state index contributed by atoms with van der Waals surface area (Å²) in [6.45, 7) is 0. The highest BCUT2D eigenvalue weighted by Gasteiger charge is 2.38. The van der Waals surface area contributed by atoms with Crippen molar-refractivity contribution in [1.29, 1.82) is 0 Å². The van der Waals surface area contributed by atoms with E-state index in [1.54, 1.807) is 0 Å². The molecule has 0 radical (unpaired) electrons.